The van der Waals surface area contributed by atoms with Crippen LogP contribution in [0.5, 0.6) is 0 Å². The number of benzene rings is 1. The summed E-state index contributed by atoms with van der Waals surface area (Å²) in [6.07, 6.45) is 5.00. The van der Waals surface area contributed by atoms with Crippen molar-refractivity contribution >= 4 is 23.2 Å². The van der Waals surface area contributed by atoms with E-state index in [0.717, 1.165) is 6.54 Å². The molecule has 1 aliphatic rings. The molecule has 0 atom stereocenters. The lowest BCUT2D eigenvalue weighted by molar-refractivity contribution is 0.0947. The van der Waals surface area contributed by atoms with Crippen molar-refractivity contribution in [1.82, 2.24) is 5.32 Å². The molecule has 1 amide bonds. The van der Waals surface area contributed by atoms with Crippen molar-refractivity contribution in [3.63, 3.8) is 0 Å². The smallest absolute Gasteiger partial charge is 0.252 e. The molecular weight excluding hydrogens is 236 g/mol. The summed E-state index contributed by atoms with van der Waals surface area (Å²) < 4.78 is 0. The number of hydrogen-bond acceptors (Lipinski definition) is 2. The van der Waals surface area contributed by atoms with Crippen molar-refractivity contribution in [3.05, 3.63) is 28.8 Å². The lowest BCUT2D eigenvalue weighted by atomic mass is 10.1. The summed E-state index contributed by atoms with van der Waals surface area (Å²) in [5.74, 6) is 0.522. The number of nitrogens with one attached hydrogen (secondary N) is 1. The Labute approximate surface area is 106 Å². The van der Waals surface area contributed by atoms with Crippen molar-refractivity contribution in [1.29, 1.82) is 0 Å². The third-order valence-corrected chi connectivity index (χ3v) is 3.58. The van der Waals surface area contributed by atoms with E-state index in [1.807, 2.05) is 0 Å². The standard InChI is InChI=1S/C13H17ClN2O/c14-12-7-10(15)5-6-11(12)13(17)16-8-9-3-1-2-4-9/h5-7,9H,1-4,8,15H2,(H,16,17). The topological polar surface area (TPSA) is 55.1 Å². The molecule has 0 spiro atoms. The zero-order valence-electron chi connectivity index (χ0n) is 9.71. The van der Waals surface area contributed by atoms with E-state index in [4.69, 9.17) is 17.3 Å². The van der Waals surface area contributed by atoms with Crippen LogP contribution >= 0.6 is 11.6 Å². The summed E-state index contributed by atoms with van der Waals surface area (Å²) >= 11 is 5.98. The Hall–Kier alpha value is -1.22. The van der Waals surface area contributed by atoms with Gasteiger partial charge in [-0.05, 0) is 37.0 Å². The van der Waals surface area contributed by atoms with Crippen molar-refractivity contribution < 1.29 is 4.79 Å². The monoisotopic (exact) mass is 252 g/mol. The van der Waals surface area contributed by atoms with E-state index in [0.29, 0.717) is 22.2 Å². The average molecular weight is 253 g/mol. The van der Waals surface area contributed by atoms with Gasteiger partial charge < -0.3 is 11.1 Å². The molecule has 1 fully saturated rings. The number of carbonyl (C=O) groups is 1. The maximum atomic E-state index is 11.9. The predicted molar refractivity (Wildman–Crippen MR) is 70.2 cm³/mol. The van der Waals surface area contributed by atoms with Gasteiger partial charge >= 0.3 is 0 Å². The Bertz CT molecular complexity index is 414. The van der Waals surface area contributed by atoms with Crippen LogP contribution in [0.1, 0.15) is 36.0 Å². The maximum Gasteiger partial charge on any atom is 0.252 e. The molecule has 0 aliphatic heterocycles. The zero-order valence-corrected chi connectivity index (χ0v) is 10.5. The molecule has 2 rings (SSSR count). The molecule has 1 saturated carbocycles. The van der Waals surface area contributed by atoms with Gasteiger partial charge in [0, 0.05) is 12.2 Å². The van der Waals surface area contributed by atoms with Gasteiger partial charge in [0.1, 0.15) is 0 Å². The predicted octanol–water partition coefficient (Wildman–Crippen LogP) is 2.84. The second-order valence-electron chi connectivity index (χ2n) is 4.60. The number of nitrogens with two attached hydrogens (primary N) is 1. The van der Waals surface area contributed by atoms with Crippen molar-refractivity contribution in [2.75, 3.05) is 12.3 Å². The molecule has 0 heterocycles. The van der Waals surface area contributed by atoms with Gasteiger partial charge in [-0.25, -0.2) is 0 Å². The zero-order chi connectivity index (χ0) is 12.3. The van der Waals surface area contributed by atoms with Crippen LogP contribution in [0.4, 0.5) is 5.69 Å². The molecule has 3 N–H and O–H groups in total. The first-order valence-electron chi connectivity index (χ1n) is 6.00. The molecule has 1 aromatic rings. The van der Waals surface area contributed by atoms with E-state index >= 15 is 0 Å². The number of halogens is 1. The highest BCUT2D eigenvalue weighted by atomic mass is 35.5. The van der Waals surface area contributed by atoms with Crippen LogP contribution < -0.4 is 11.1 Å². The Kier molecular flexibility index (Phi) is 3.89. The van der Waals surface area contributed by atoms with Gasteiger partial charge in [0.25, 0.3) is 5.91 Å². The molecule has 0 bridgehead atoms. The molecular formula is C13H17ClN2O. The summed E-state index contributed by atoms with van der Waals surface area (Å²) in [4.78, 5) is 11.9. The van der Waals surface area contributed by atoms with E-state index in [1.54, 1.807) is 18.2 Å². The highest BCUT2D eigenvalue weighted by Crippen LogP contribution is 2.24. The Morgan fingerprint density at radius 1 is 1.41 bits per heavy atom. The van der Waals surface area contributed by atoms with Gasteiger partial charge in [-0.15, -0.1) is 0 Å². The van der Waals surface area contributed by atoms with E-state index < -0.39 is 0 Å². The summed E-state index contributed by atoms with van der Waals surface area (Å²) in [5, 5.41) is 3.35. The molecule has 1 aromatic carbocycles. The van der Waals surface area contributed by atoms with Crippen molar-refractivity contribution in [2.24, 2.45) is 5.92 Å². The van der Waals surface area contributed by atoms with E-state index in [-0.39, 0.29) is 5.91 Å². The SMILES string of the molecule is Nc1ccc(C(=O)NCC2CCCC2)c(Cl)c1. The van der Waals surface area contributed by atoms with Gasteiger partial charge in [0.05, 0.1) is 10.6 Å². The number of amides is 1. The van der Waals surface area contributed by atoms with Crippen LogP contribution in [0.25, 0.3) is 0 Å². The molecule has 0 radical (unpaired) electrons. The number of anilines is 1. The highest BCUT2D eigenvalue weighted by Gasteiger charge is 2.17. The van der Waals surface area contributed by atoms with Gasteiger partial charge in [-0.1, -0.05) is 24.4 Å². The molecule has 3 nitrogen and oxygen atoms in total. The Morgan fingerprint density at radius 3 is 2.76 bits per heavy atom. The lowest BCUT2D eigenvalue weighted by Gasteiger charge is -2.11. The summed E-state index contributed by atoms with van der Waals surface area (Å²) in [6.45, 7) is 0.750. The average Bonchev–Trinajstić information content (AvgIpc) is 2.78. The van der Waals surface area contributed by atoms with E-state index in [1.165, 1.54) is 25.7 Å². The number of rotatable bonds is 3. The number of carbonyl (C=O) groups excluding carboxylic acids is 1. The minimum absolute atomic E-state index is 0.109. The van der Waals surface area contributed by atoms with Crippen LogP contribution in [0.3, 0.4) is 0 Å². The molecule has 1 aliphatic carbocycles. The fraction of sp³-hybridized carbons (Fsp3) is 0.462. The summed E-state index contributed by atoms with van der Waals surface area (Å²) in [5.41, 5.74) is 6.66. The molecule has 17 heavy (non-hydrogen) atoms. The molecule has 0 aromatic heterocycles. The maximum absolute atomic E-state index is 11.9. The molecule has 92 valence electrons. The lowest BCUT2D eigenvalue weighted by Crippen LogP contribution is -2.28. The minimum atomic E-state index is -0.109. The normalized spacial score (nSPS) is 16.1. The first-order valence-corrected chi connectivity index (χ1v) is 6.38. The van der Waals surface area contributed by atoms with Crippen LogP contribution in [0, 0.1) is 5.92 Å². The largest absolute Gasteiger partial charge is 0.399 e. The van der Waals surface area contributed by atoms with E-state index in [9.17, 15) is 4.79 Å². The first kappa shape index (κ1) is 12.2. The number of hydrogen-bond donors (Lipinski definition) is 2. The third-order valence-electron chi connectivity index (χ3n) is 3.26. The van der Waals surface area contributed by atoms with Crippen LogP contribution in [0.2, 0.25) is 5.02 Å². The summed E-state index contributed by atoms with van der Waals surface area (Å²) in [6, 6.07) is 4.96. The van der Waals surface area contributed by atoms with Gasteiger partial charge in [0.2, 0.25) is 0 Å². The van der Waals surface area contributed by atoms with Gasteiger partial charge in [0.15, 0.2) is 0 Å². The Morgan fingerprint density at radius 2 is 2.12 bits per heavy atom. The van der Waals surface area contributed by atoms with Crippen LogP contribution in [0.15, 0.2) is 18.2 Å². The van der Waals surface area contributed by atoms with E-state index in [2.05, 4.69) is 5.32 Å². The van der Waals surface area contributed by atoms with Gasteiger partial charge in [-0.2, -0.15) is 0 Å². The Balaban J connectivity index is 1.94. The van der Waals surface area contributed by atoms with Crippen LogP contribution in [-0.2, 0) is 0 Å². The minimum Gasteiger partial charge on any atom is -0.399 e. The molecule has 4 heteroatoms. The second kappa shape index (κ2) is 5.41. The van der Waals surface area contributed by atoms with Crippen molar-refractivity contribution in [2.45, 2.75) is 25.7 Å². The second-order valence-corrected chi connectivity index (χ2v) is 5.01. The first-order chi connectivity index (χ1) is 8.16. The van der Waals surface area contributed by atoms with Crippen LogP contribution in [-0.4, -0.2) is 12.5 Å². The quantitative estimate of drug-likeness (QED) is 0.813. The van der Waals surface area contributed by atoms with Gasteiger partial charge in [-0.3, -0.25) is 4.79 Å². The third kappa shape index (κ3) is 3.13. The fourth-order valence-corrected chi connectivity index (χ4v) is 2.54. The summed E-state index contributed by atoms with van der Waals surface area (Å²) in [7, 11) is 0. The molecule has 0 saturated heterocycles. The molecule has 0 unspecified atom stereocenters. The number of nitrogen functional groups attached to an aromatic ring is 1. The fourth-order valence-electron chi connectivity index (χ4n) is 2.26. The highest BCUT2D eigenvalue weighted by molar-refractivity contribution is 6.34. The van der Waals surface area contributed by atoms with Crippen molar-refractivity contribution in [3.8, 4) is 0 Å².